The van der Waals surface area contributed by atoms with Crippen molar-refractivity contribution in [1.82, 2.24) is 4.90 Å². The average Bonchev–Trinajstić information content (AvgIpc) is 2.80. The normalized spacial score (nSPS) is 30.4. The van der Waals surface area contributed by atoms with Crippen LogP contribution in [0, 0.1) is 0 Å². The smallest absolute Gasteiger partial charge is 0.0573 e. The van der Waals surface area contributed by atoms with Gasteiger partial charge in [-0.3, -0.25) is 4.90 Å². The first-order valence-electron chi connectivity index (χ1n) is 8.37. The van der Waals surface area contributed by atoms with Crippen LogP contribution in [-0.4, -0.2) is 24.0 Å². The van der Waals surface area contributed by atoms with Gasteiger partial charge < -0.3 is 5.73 Å². The van der Waals surface area contributed by atoms with Gasteiger partial charge in [-0.2, -0.15) is 0 Å². The van der Waals surface area contributed by atoms with E-state index in [0.29, 0.717) is 6.04 Å². The van der Waals surface area contributed by atoms with Crippen molar-refractivity contribution in [1.29, 1.82) is 0 Å². The standard InChI is InChI=1S/C18H28N2/c1-2-3-11-18(19)16-10-6-5-9-15(16)14-17(18)20-12-7-4-8-13-20/h5-6,9-10,17H,2-4,7-8,11-14,19H2,1H3. The molecule has 1 heterocycles. The van der Waals surface area contributed by atoms with Crippen molar-refractivity contribution in [2.45, 2.75) is 63.5 Å². The topological polar surface area (TPSA) is 29.3 Å². The summed E-state index contributed by atoms with van der Waals surface area (Å²) in [4.78, 5) is 2.68. The molecular formula is C18H28N2. The van der Waals surface area contributed by atoms with Crippen LogP contribution in [0.5, 0.6) is 0 Å². The number of hydrogen-bond donors (Lipinski definition) is 1. The summed E-state index contributed by atoms with van der Waals surface area (Å²) >= 11 is 0. The maximum Gasteiger partial charge on any atom is 0.0573 e. The molecule has 2 atom stereocenters. The Kier molecular flexibility index (Phi) is 4.13. The molecule has 0 aromatic heterocycles. The van der Waals surface area contributed by atoms with Gasteiger partial charge in [0.1, 0.15) is 0 Å². The summed E-state index contributed by atoms with van der Waals surface area (Å²) in [6.07, 6.45) is 8.82. The van der Waals surface area contributed by atoms with Crippen LogP contribution >= 0.6 is 0 Å². The molecule has 110 valence electrons. The van der Waals surface area contributed by atoms with Gasteiger partial charge in [-0.05, 0) is 49.9 Å². The monoisotopic (exact) mass is 272 g/mol. The third kappa shape index (κ3) is 2.40. The van der Waals surface area contributed by atoms with Crippen molar-refractivity contribution in [3.8, 4) is 0 Å². The molecule has 2 heteroatoms. The molecule has 0 saturated carbocycles. The van der Waals surface area contributed by atoms with Gasteiger partial charge in [0.25, 0.3) is 0 Å². The van der Waals surface area contributed by atoms with Crippen LogP contribution in [0.15, 0.2) is 24.3 Å². The van der Waals surface area contributed by atoms with E-state index in [1.54, 1.807) is 0 Å². The van der Waals surface area contributed by atoms with E-state index in [2.05, 4.69) is 36.1 Å². The summed E-state index contributed by atoms with van der Waals surface area (Å²) in [5.74, 6) is 0. The fraction of sp³-hybridized carbons (Fsp3) is 0.667. The molecule has 3 rings (SSSR count). The summed E-state index contributed by atoms with van der Waals surface area (Å²) in [6, 6.07) is 9.40. The largest absolute Gasteiger partial charge is 0.320 e. The number of unbranched alkanes of at least 4 members (excludes halogenated alkanes) is 1. The Morgan fingerprint density at radius 2 is 1.95 bits per heavy atom. The Morgan fingerprint density at radius 3 is 2.70 bits per heavy atom. The first kappa shape index (κ1) is 14.1. The minimum atomic E-state index is -0.121. The first-order valence-corrected chi connectivity index (χ1v) is 8.37. The maximum absolute atomic E-state index is 6.99. The van der Waals surface area contributed by atoms with Gasteiger partial charge in [-0.15, -0.1) is 0 Å². The molecule has 1 aliphatic heterocycles. The summed E-state index contributed by atoms with van der Waals surface area (Å²) in [5.41, 5.74) is 9.78. The Labute approximate surface area is 123 Å². The van der Waals surface area contributed by atoms with Crippen molar-refractivity contribution in [2.24, 2.45) is 5.73 Å². The molecular weight excluding hydrogens is 244 g/mol. The van der Waals surface area contributed by atoms with E-state index in [1.807, 2.05) is 0 Å². The highest BCUT2D eigenvalue weighted by Gasteiger charge is 2.45. The quantitative estimate of drug-likeness (QED) is 0.909. The van der Waals surface area contributed by atoms with Crippen molar-refractivity contribution in [2.75, 3.05) is 13.1 Å². The molecule has 1 aromatic carbocycles. The van der Waals surface area contributed by atoms with Crippen LogP contribution in [0.1, 0.15) is 56.6 Å². The number of hydrogen-bond acceptors (Lipinski definition) is 2. The third-order valence-electron chi connectivity index (χ3n) is 5.30. The SMILES string of the molecule is CCCCC1(N)c2ccccc2CC1N1CCCCC1. The van der Waals surface area contributed by atoms with Crippen molar-refractivity contribution in [3.63, 3.8) is 0 Å². The zero-order valence-corrected chi connectivity index (χ0v) is 12.8. The molecule has 2 aliphatic rings. The lowest BCUT2D eigenvalue weighted by Crippen LogP contribution is -2.55. The predicted octanol–water partition coefficient (Wildman–Crippen LogP) is 3.44. The van der Waals surface area contributed by atoms with Crippen molar-refractivity contribution < 1.29 is 0 Å². The molecule has 1 saturated heterocycles. The minimum Gasteiger partial charge on any atom is -0.320 e. The zero-order valence-electron chi connectivity index (χ0n) is 12.8. The van der Waals surface area contributed by atoms with Gasteiger partial charge in [0.15, 0.2) is 0 Å². The maximum atomic E-state index is 6.99. The Bertz CT molecular complexity index is 450. The number of piperidine rings is 1. The van der Waals surface area contributed by atoms with Crippen LogP contribution in [0.4, 0.5) is 0 Å². The zero-order chi connectivity index (χ0) is 14.0. The number of rotatable bonds is 4. The summed E-state index contributed by atoms with van der Waals surface area (Å²) < 4.78 is 0. The fourth-order valence-electron chi connectivity index (χ4n) is 4.18. The molecule has 2 unspecified atom stereocenters. The van der Waals surface area contributed by atoms with Crippen LogP contribution in [0.25, 0.3) is 0 Å². The van der Waals surface area contributed by atoms with E-state index in [0.717, 1.165) is 12.8 Å². The molecule has 0 radical (unpaired) electrons. The second-order valence-electron chi connectivity index (χ2n) is 6.62. The lowest BCUT2D eigenvalue weighted by Gasteiger charge is -2.42. The fourth-order valence-corrected chi connectivity index (χ4v) is 4.18. The van der Waals surface area contributed by atoms with Crippen LogP contribution in [0.2, 0.25) is 0 Å². The van der Waals surface area contributed by atoms with E-state index >= 15 is 0 Å². The highest BCUT2D eigenvalue weighted by atomic mass is 15.2. The molecule has 0 spiro atoms. The Balaban J connectivity index is 1.89. The van der Waals surface area contributed by atoms with Gasteiger partial charge in [0.05, 0.1) is 5.54 Å². The molecule has 20 heavy (non-hydrogen) atoms. The lowest BCUT2D eigenvalue weighted by molar-refractivity contribution is 0.101. The Morgan fingerprint density at radius 1 is 1.20 bits per heavy atom. The second kappa shape index (κ2) is 5.87. The van der Waals surface area contributed by atoms with Crippen molar-refractivity contribution in [3.05, 3.63) is 35.4 Å². The lowest BCUT2D eigenvalue weighted by atomic mass is 9.83. The van der Waals surface area contributed by atoms with Crippen LogP contribution < -0.4 is 5.73 Å². The summed E-state index contributed by atoms with van der Waals surface area (Å²) in [5, 5.41) is 0. The van der Waals surface area contributed by atoms with Gasteiger partial charge >= 0.3 is 0 Å². The van der Waals surface area contributed by atoms with Gasteiger partial charge in [-0.1, -0.05) is 50.5 Å². The number of nitrogens with two attached hydrogens (primary N) is 1. The van der Waals surface area contributed by atoms with E-state index in [9.17, 15) is 0 Å². The van der Waals surface area contributed by atoms with Crippen LogP contribution in [-0.2, 0) is 12.0 Å². The summed E-state index contributed by atoms with van der Waals surface area (Å²) in [7, 11) is 0. The molecule has 2 N–H and O–H groups in total. The first-order chi connectivity index (χ1) is 9.75. The predicted molar refractivity (Wildman–Crippen MR) is 84.7 cm³/mol. The second-order valence-corrected chi connectivity index (χ2v) is 6.62. The molecule has 1 fully saturated rings. The van der Waals surface area contributed by atoms with Crippen LogP contribution in [0.3, 0.4) is 0 Å². The van der Waals surface area contributed by atoms with E-state index in [4.69, 9.17) is 5.73 Å². The highest BCUT2D eigenvalue weighted by Crippen LogP contribution is 2.41. The van der Waals surface area contributed by atoms with Gasteiger partial charge in [0, 0.05) is 6.04 Å². The third-order valence-corrected chi connectivity index (χ3v) is 5.30. The molecule has 0 amide bonds. The molecule has 2 nitrogen and oxygen atoms in total. The molecule has 0 bridgehead atoms. The number of fused-ring (bicyclic) bond motifs is 1. The number of nitrogens with zero attached hydrogens (tertiary/aromatic N) is 1. The molecule has 1 aromatic rings. The van der Waals surface area contributed by atoms with Crippen molar-refractivity contribution >= 4 is 0 Å². The van der Waals surface area contributed by atoms with Gasteiger partial charge in [0.2, 0.25) is 0 Å². The van der Waals surface area contributed by atoms with Gasteiger partial charge in [-0.25, -0.2) is 0 Å². The minimum absolute atomic E-state index is 0.121. The average molecular weight is 272 g/mol. The number of likely N-dealkylation sites (tertiary alicyclic amines) is 1. The van der Waals surface area contributed by atoms with E-state index < -0.39 is 0 Å². The highest BCUT2D eigenvalue weighted by molar-refractivity contribution is 5.41. The van der Waals surface area contributed by atoms with E-state index in [1.165, 1.54) is 56.3 Å². The number of benzene rings is 1. The van der Waals surface area contributed by atoms with E-state index in [-0.39, 0.29) is 5.54 Å². The summed E-state index contributed by atoms with van der Waals surface area (Å²) in [6.45, 7) is 4.74. The Hall–Kier alpha value is -0.860. The molecule has 1 aliphatic carbocycles.